The van der Waals surface area contributed by atoms with Crippen LogP contribution >= 0.6 is 24.0 Å². The lowest BCUT2D eigenvalue weighted by molar-refractivity contribution is -0.140. The van der Waals surface area contributed by atoms with Gasteiger partial charge in [-0.25, -0.2) is 4.39 Å². The monoisotopic (exact) mass is 526 g/mol. The molecule has 2 fully saturated rings. The molecule has 8 heteroatoms. The molecule has 0 spiro atoms. The normalized spacial score (nSPS) is 26.7. The largest absolute Gasteiger partial charge is 0.357 e. The SMILES string of the molecule is CCNC(=NCCc1ccccc1F)NCCN1C(=O)C2C3C=CC(C3)C2C1=O.I. The molecule has 1 saturated heterocycles. The van der Waals surface area contributed by atoms with Crippen molar-refractivity contribution in [2.24, 2.45) is 28.7 Å². The maximum Gasteiger partial charge on any atom is 0.233 e. The second-order valence-electron chi connectivity index (χ2n) is 7.86. The molecule has 4 atom stereocenters. The molecule has 6 nitrogen and oxygen atoms in total. The Hall–Kier alpha value is -1.97. The van der Waals surface area contributed by atoms with E-state index in [9.17, 15) is 14.0 Å². The highest BCUT2D eigenvalue weighted by Gasteiger charge is 2.58. The minimum Gasteiger partial charge on any atom is -0.357 e. The molecule has 1 aromatic rings. The van der Waals surface area contributed by atoms with Gasteiger partial charge in [-0.1, -0.05) is 30.4 Å². The van der Waals surface area contributed by atoms with Crippen LogP contribution in [0.2, 0.25) is 0 Å². The molecule has 0 radical (unpaired) electrons. The lowest BCUT2D eigenvalue weighted by Crippen LogP contribution is -2.43. The maximum absolute atomic E-state index is 13.7. The van der Waals surface area contributed by atoms with Crippen LogP contribution in [0.15, 0.2) is 41.4 Å². The lowest BCUT2D eigenvalue weighted by atomic mass is 9.85. The Morgan fingerprint density at radius 3 is 2.43 bits per heavy atom. The van der Waals surface area contributed by atoms with Gasteiger partial charge in [-0.2, -0.15) is 0 Å². The molecule has 2 aliphatic carbocycles. The van der Waals surface area contributed by atoms with Gasteiger partial charge in [0.25, 0.3) is 0 Å². The summed E-state index contributed by atoms with van der Waals surface area (Å²) in [6, 6.07) is 6.69. The third-order valence-corrected chi connectivity index (χ3v) is 6.14. The standard InChI is InChI=1S/C22H27FN4O2.HI/c1-2-24-22(25-10-9-14-5-3-4-6-17(14)23)26-11-12-27-20(28)18-15-7-8-16(13-15)19(18)21(27)29;/h3-8,15-16,18-19H,2,9-13H2,1H3,(H2,24,25,26);1H. The first-order valence-electron chi connectivity index (χ1n) is 10.4. The summed E-state index contributed by atoms with van der Waals surface area (Å²) in [5.41, 5.74) is 0.634. The van der Waals surface area contributed by atoms with Gasteiger partial charge in [-0.15, -0.1) is 24.0 Å². The zero-order chi connectivity index (χ0) is 20.4. The van der Waals surface area contributed by atoms with Gasteiger partial charge < -0.3 is 10.6 Å². The molecule has 1 aliphatic heterocycles. The summed E-state index contributed by atoms with van der Waals surface area (Å²) in [4.78, 5) is 31.3. The number of allylic oxidation sites excluding steroid dienone is 2. The molecule has 2 bridgehead atoms. The van der Waals surface area contributed by atoms with Crippen molar-refractivity contribution in [3.8, 4) is 0 Å². The molecular weight excluding hydrogens is 498 g/mol. The first-order chi connectivity index (χ1) is 14.1. The van der Waals surface area contributed by atoms with Gasteiger partial charge in [-0.05, 0) is 43.2 Å². The first-order valence-corrected chi connectivity index (χ1v) is 10.4. The number of guanidine groups is 1. The second-order valence-corrected chi connectivity index (χ2v) is 7.86. The number of rotatable bonds is 7. The Bertz CT molecular complexity index is 829. The van der Waals surface area contributed by atoms with Gasteiger partial charge in [0.15, 0.2) is 5.96 Å². The quantitative estimate of drug-likeness (QED) is 0.188. The number of hydrogen-bond acceptors (Lipinski definition) is 3. The fourth-order valence-corrected chi connectivity index (χ4v) is 4.80. The van der Waals surface area contributed by atoms with Crippen molar-refractivity contribution >= 4 is 41.8 Å². The minimum absolute atomic E-state index is 0. The highest BCUT2D eigenvalue weighted by atomic mass is 127. The van der Waals surface area contributed by atoms with Crippen LogP contribution in [-0.4, -0.2) is 48.9 Å². The van der Waals surface area contributed by atoms with Crippen LogP contribution in [-0.2, 0) is 16.0 Å². The zero-order valence-electron chi connectivity index (χ0n) is 17.0. The Morgan fingerprint density at radius 2 is 1.80 bits per heavy atom. The molecular formula is C22H28FIN4O2. The van der Waals surface area contributed by atoms with Gasteiger partial charge in [-0.3, -0.25) is 19.5 Å². The number of carbonyl (C=O) groups is 2. The van der Waals surface area contributed by atoms with E-state index >= 15 is 0 Å². The van der Waals surface area contributed by atoms with E-state index in [1.807, 2.05) is 13.0 Å². The van der Waals surface area contributed by atoms with E-state index in [1.54, 1.807) is 12.1 Å². The summed E-state index contributed by atoms with van der Waals surface area (Å²) < 4.78 is 13.7. The van der Waals surface area contributed by atoms with E-state index in [0.29, 0.717) is 44.1 Å². The summed E-state index contributed by atoms with van der Waals surface area (Å²) in [5.74, 6) is 0.486. The number of hydrogen-bond donors (Lipinski definition) is 2. The Labute approximate surface area is 193 Å². The number of amides is 2. The van der Waals surface area contributed by atoms with Crippen molar-refractivity contribution in [1.29, 1.82) is 0 Å². The third-order valence-electron chi connectivity index (χ3n) is 6.14. The van der Waals surface area contributed by atoms with Gasteiger partial charge in [0, 0.05) is 26.2 Å². The Kier molecular flexibility index (Phi) is 7.49. The van der Waals surface area contributed by atoms with E-state index in [0.717, 1.165) is 6.42 Å². The molecule has 4 unspecified atom stereocenters. The molecule has 2 amide bonds. The number of carbonyl (C=O) groups excluding carboxylic acids is 2. The number of likely N-dealkylation sites (tertiary alicyclic amines) is 1. The van der Waals surface area contributed by atoms with E-state index in [-0.39, 0.29) is 65.3 Å². The second kappa shape index (κ2) is 9.89. The highest BCUT2D eigenvalue weighted by molar-refractivity contribution is 14.0. The molecule has 0 aromatic heterocycles. The van der Waals surface area contributed by atoms with Crippen molar-refractivity contribution in [3.05, 3.63) is 47.8 Å². The number of aliphatic imine (C=N–C) groups is 1. The predicted octanol–water partition coefficient (Wildman–Crippen LogP) is 2.35. The fourth-order valence-electron chi connectivity index (χ4n) is 4.80. The number of imide groups is 1. The van der Waals surface area contributed by atoms with Crippen LogP contribution in [0.5, 0.6) is 0 Å². The van der Waals surface area contributed by atoms with Crippen molar-refractivity contribution < 1.29 is 14.0 Å². The Morgan fingerprint density at radius 1 is 1.13 bits per heavy atom. The van der Waals surface area contributed by atoms with Gasteiger partial charge >= 0.3 is 0 Å². The van der Waals surface area contributed by atoms with Crippen LogP contribution in [0, 0.1) is 29.5 Å². The van der Waals surface area contributed by atoms with E-state index in [1.165, 1.54) is 11.0 Å². The van der Waals surface area contributed by atoms with E-state index < -0.39 is 0 Å². The van der Waals surface area contributed by atoms with Gasteiger partial charge in [0.05, 0.1) is 11.8 Å². The maximum atomic E-state index is 13.7. The number of benzene rings is 1. The fraction of sp³-hybridized carbons (Fsp3) is 0.500. The van der Waals surface area contributed by atoms with E-state index in [2.05, 4.69) is 27.8 Å². The zero-order valence-corrected chi connectivity index (χ0v) is 19.3. The molecule has 2 N–H and O–H groups in total. The smallest absolute Gasteiger partial charge is 0.233 e. The van der Waals surface area contributed by atoms with Crippen LogP contribution in [0.4, 0.5) is 4.39 Å². The predicted molar refractivity (Wildman–Crippen MR) is 124 cm³/mol. The third kappa shape index (κ3) is 4.38. The molecule has 1 saturated carbocycles. The summed E-state index contributed by atoms with van der Waals surface area (Å²) in [7, 11) is 0. The van der Waals surface area contributed by atoms with Crippen LogP contribution < -0.4 is 10.6 Å². The first kappa shape index (κ1) is 22.7. The van der Waals surface area contributed by atoms with Crippen molar-refractivity contribution in [2.75, 3.05) is 26.2 Å². The van der Waals surface area contributed by atoms with Gasteiger partial charge in [0.1, 0.15) is 5.82 Å². The molecule has 162 valence electrons. The number of nitrogens with zero attached hydrogens (tertiary/aromatic N) is 2. The van der Waals surface area contributed by atoms with Crippen LogP contribution in [0.1, 0.15) is 18.9 Å². The number of nitrogens with one attached hydrogen (secondary N) is 2. The molecule has 1 heterocycles. The minimum atomic E-state index is -0.222. The average molecular weight is 526 g/mol. The highest BCUT2D eigenvalue weighted by Crippen LogP contribution is 2.52. The average Bonchev–Trinajstić information content (AvgIpc) is 3.39. The summed E-state index contributed by atoms with van der Waals surface area (Å²) >= 11 is 0. The summed E-state index contributed by atoms with van der Waals surface area (Å²) in [5, 5.41) is 6.32. The van der Waals surface area contributed by atoms with Gasteiger partial charge in [0.2, 0.25) is 11.8 Å². The van der Waals surface area contributed by atoms with Crippen molar-refractivity contribution in [2.45, 2.75) is 19.8 Å². The summed E-state index contributed by atoms with van der Waals surface area (Å²) in [6.07, 6.45) is 5.65. The van der Waals surface area contributed by atoms with Crippen molar-refractivity contribution in [1.82, 2.24) is 15.5 Å². The molecule has 4 rings (SSSR count). The molecule has 30 heavy (non-hydrogen) atoms. The Balaban J connectivity index is 0.00000256. The van der Waals surface area contributed by atoms with E-state index in [4.69, 9.17) is 0 Å². The lowest BCUT2D eigenvalue weighted by Gasteiger charge is -2.18. The molecule has 3 aliphatic rings. The number of fused-ring (bicyclic) bond motifs is 5. The topological polar surface area (TPSA) is 73.8 Å². The van der Waals surface area contributed by atoms with Crippen LogP contribution in [0.3, 0.4) is 0 Å². The summed E-state index contributed by atoms with van der Waals surface area (Å²) in [6.45, 7) is 3.86. The van der Waals surface area contributed by atoms with Crippen LogP contribution in [0.25, 0.3) is 0 Å². The molecule has 1 aromatic carbocycles. The number of halogens is 2. The van der Waals surface area contributed by atoms with Crippen molar-refractivity contribution in [3.63, 3.8) is 0 Å².